The first-order chi connectivity index (χ1) is 12.1. The number of ether oxygens (including phenoxy) is 1. The molecule has 0 atom stereocenters. The van der Waals surface area contributed by atoms with Crippen LogP contribution in [0.1, 0.15) is 75.8 Å². The Labute approximate surface area is 154 Å². The summed E-state index contributed by atoms with van der Waals surface area (Å²) in [6, 6.07) is 8.75. The number of aryl methyl sites for hydroxylation is 1. The molecule has 2 aliphatic carbocycles. The van der Waals surface area contributed by atoms with Crippen LogP contribution in [0.15, 0.2) is 24.3 Å². The highest BCUT2D eigenvalue weighted by Crippen LogP contribution is 2.45. The average molecular weight is 345 g/mol. The molecule has 0 bridgehead atoms. The molecular weight excluding hydrogens is 308 g/mol. The van der Waals surface area contributed by atoms with Crippen molar-refractivity contribution in [1.29, 1.82) is 0 Å². The van der Waals surface area contributed by atoms with Crippen LogP contribution in [0, 0.1) is 17.8 Å². The van der Waals surface area contributed by atoms with Crippen LogP contribution in [0.5, 0.6) is 0 Å². The van der Waals surface area contributed by atoms with Gasteiger partial charge in [-0.2, -0.15) is 0 Å². The first kappa shape index (κ1) is 18.9. The van der Waals surface area contributed by atoms with Crippen LogP contribution in [0.4, 0.5) is 0 Å². The highest BCUT2D eigenvalue weighted by atomic mass is 16.5. The number of aliphatic hydroxyl groups is 1. The fourth-order valence-corrected chi connectivity index (χ4v) is 5.21. The lowest BCUT2D eigenvalue weighted by molar-refractivity contribution is -0.0269. The summed E-state index contributed by atoms with van der Waals surface area (Å²) in [5.41, 5.74) is 1.93. The fraction of sp³-hybridized carbons (Fsp3) is 0.739. The molecule has 25 heavy (non-hydrogen) atoms. The van der Waals surface area contributed by atoms with Gasteiger partial charge in [0.05, 0.1) is 5.60 Å². The van der Waals surface area contributed by atoms with E-state index < -0.39 is 5.60 Å². The third-order valence-electron chi connectivity index (χ3n) is 6.85. The van der Waals surface area contributed by atoms with Gasteiger partial charge in [-0.15, -0.1) is 0 Å². The van der Waals surface area contributed by atoms with Crippen molar-refractivity contribution in [3.8, 4) is 0 Å². The van der Waals surface area contributed by atoms with E-state index in [-0.39, 0.29) is 0 Å². The van der Waals surface area contributed by atoms with Crippen molar-refractivity contribution in [2.75, 3.05) is 13.7 Å². The van der Waals surface area contributed by atoms with E-state index in [2.05, 4.69) is 31.2 Å². The number of hydrogen-bond donors (Lipinski definition) is 1. The van der Waals surface area contributed by atoms with Crippen LogP contribution < -0.4 is 0 Å². The van der Waals surface area contributed by atoms with Crippen LogP contribution in [-0.2, 0) is 16.8 Å². The maximum Gasteiger partial charge on any atom is 0.0896 e. The molecule has 0 unspecified atom stereocenters. The first-order valence-electron chi connectivity index (χ1n) is 10.5. The molecule has 2 saturated carbocycles. The Morgan fingerprint density at radius 1 is 0.960 bits per heavy atom. The molecule has 3 rings (SSSR count). The molecule has 2 heteroatoms. The van der Waals surface area contributed by atoms with Crippen LogP contribution >= 0.6 is 0 Å². The highest BCUT2D eigenvalue weighted by Gasteiger charge is 2.38. The second-order valence-corrected chi connectivity index (χ2v) is 8.55. The summed E-state index contributed by atoms with van der Waals surface area (Å²) in [6.45, 7) is 3.15. The van der Waals surface area contributed by atoms with E-state index in [4.69, 9.17) is 4.74 Å². The van der Waals surface area contributed by atoms with Gasteiger partial charge < -0.3 is 9.84 Å². The standard InChI is InChI=1S/C23H36O2/c1-3-4-18-7-11-22(12-8-18)23(24)15-13-21(14-16-23)20-9-5-19(6-10-20)17-25-2/h7-8,11-12,19-21,24H,3-6,9-10,13-17H2,1-2H3. The zero-order valence-electron chi connectivity index (χ0n) is 16.2. The zero-order valence-corrected chi connectivity index (χ0v) is 16.2. The van der Waals surface area contributed by atoms with Crippen molar-refractivity contribution >= 4 is 0 Å². The van der Waals surface area contributed by atoms with E-state index in [0.29, 0.717) is 0 Å². The van der Waals surface area contributed by atoms with Crippen LogP contribution in [0.2, 0.25) is 0 Å². The molecule has 1 N–H and O–H groups in total. The smallest absolute Gasteiger partial charge is 0.0896 e. The van der Waals surface area contributed by atoms with Crippen LogP contribution in [0.25, 0.3) is 0 Å². The molecule has 0 radical (unpaired) electrons. The van der Waals surface area contributed by atoms with Crippen molar-refractivity contribution in [3.05, 3.63) is 35.4 Å². The van der Waals surface area contributed by atoms with Gasteiger partial charge in [0, 0.05) is 13.7 Å². The normalized spacial score (nSPS) is 33.3. The second-order valence-electron chi connectivity index (χ2n) is 8.55. The summed E-state index contributed by atoms with van der Waals surface area (Å²) in [6.07, 6.45) is 11.9. The van der Waals surface area contributed by atoms with Crippen molar-refractivity contribution in [1.82, 2.24) is 0 Å². The van der Waals surface area contributed by atoms with E-state index in [9.17, 15) is 5.11 Å². The summed E-state index contributed by atoms with van der Waals surface area (Å²) in [7, 11) is 1.82. The lowest BCUT2D eigenvalue weighted by atomic mass is 9.67. The second kappa shape index (κ2) is 8.68. The summed E-state index contributed by atoms with van der Waals surface area (Å²) in [5, 5.41) is 11.2. The molecule has 1 aromatic rings. The predicted molar refractivity (Wildman–Crippen MR) is 104 cm³/mol. The summed E-state index contributed by atoms with van der Waals surface area (Å²) in [5.74, 6) is 2.48. The van der Waals surface area contributed by atoms with E-state index >= 15 is 0 Å². The summed E-state index contributed by atoms with van der Waals surface area (Å²) >= 11 is 0. The number of methoxy groups -OCH3 is 1. The zero-order chi connectivity index (χ0) is 17.7. The maximum absolute atomic E-state index is 11.2. The Balaban J connectivity index is 1.52. The molecule has 0 aliphatic heterocycles. The van der Waals surface area contributed by atoms with E-state index in [1.807, 2.05) is 7.11 Å². The van der Waals surface area contributed by atoms with Gasteiger partial charge >= 0.3 is 0 Å². The third kappa shape index (κ3) is 4.65. The molecule has 2 nitrogen and oxygen atoms in total. The van der Waals surface area contributed by atoms with Gasteiger partial charge in [-0.05, 0) is 86.7 Å². The molecule has 0 saturated heterocycles. The minimum atomic E-state index is -0.589. The summed E-state index contributed by atoms with van der Waals surface area (Å²) in [4.78, 5) is 0. The Kier molecular flexibility index (Phi) is 6.57. The monoisotopic (exact) mass is 344 g/mol. The Morgan fingerprint density at radius 2 is 1.56 bits per heavy atom. The van der Waals surface area contributed by atoms with E-state index in [1.54, 1.807) is 0 Å². The van der Waals surface area contributed by atoms with Crippen molar-refractivity contribution in [2.24, 2.45) is 17.8 Å². The number of benzene rings is 1. The van der Waals surface area contributed by atoms with Crippen LogP contribution in [-0.4, -0.2) is 18.8 Å². The van der Waals surface area contributed by atoms with Crippen LogP contribution in [0.3, 0.4) is 0 Å². The van der Waals surface area contributed by atoms with E-state index in [1.165, 1.54) is 50.5 Å². The molecule has 0 aromatic heterocycles. The lowest BCUT2D eigenvalue weighted by Gasteiger charge is -2.41. The fourth-order valence-electron chi connectivity index (χ4n) is 5.21. The van der Waals surface area contributed by atoms with Gasteiger partial charge in [0.15, 0.2) is 0 Å². The average Bonchev–Trinajstić information content (AvgIpc) is 2.64. The quantitative estimate of drug-likeness (QED) is 0.741. The predicted octanol–water partition coefficient (Wildman–Crippen LogP) is 5.47. The van der Waals surface area contributed by atoms with Gasteiger partial charge in [0.2, 0.25) is 0 Å². The van der Waals surface area contributed by atoms with E-state index in [0.717, 1.165) is 49.2 Å². The molecule has 0 amide bonds. The summed E-state index contributed by atoms with van der Waals surface area (Å²) < 4.78 is 5.33. The molecule has 140 valence electrons. The van der Waals surface area contributed by atoms with Gasteiger partial charge in [-0.3, -0.25) is 0 Å². The molecule has 1 aromatic carbocycles. The first-order valence-corrected chi connectivity index (χ1v) is 10.5. The van der Waals surface area contributed by atoms with Crippen molar-refractivity contribution < 1.29 is 9.84 Å². The molecule has 2 aliphatic rings. The van der Waals surface area contributed by atoms with Gasteiger partial charge in [-0.1, -0.05) is 37.6 Å². The van der Waals surface area contributed by atoms with Crippen molar-refractivity contribution in [3.63, 3.8) is 0 Å². The Morgan fingerprint density at radius 3 is 2.12 bits per heavy atom. The maximum atomic E-state index is 11.2. The van der Waals surface area contributed by atoms with Gasteiger partial charge in [0.1, 0.15) is 0 Å². The highest BCUT2D eigenvalue weighted by molar-refractivity contribution is 5.27. The molecule has 2 fully saturated rings. The number of hydrogen-bond acceptors (Lipinski definition) is 2. The Hall–Kier alpha value is -0.860. The Bertz CT molecular complexity index is 505. The SMILES string of the molecule is CCCc1ccc(C2(O)CCC(C3CCC(COC)CC3)CC2)cc1. The lowest BCUT2D eigenvalue weighted by Crippen LogP contribution is -2.34. The largest absolute Gasteiger partial charge is 0.385 e. The minimum Gasteiger partial charge on any atom is -0.385 e. The topological polar surface area (TPSA) is 29.5 Å². The number of rotatable bonds is 6. The van der Waals surface area contributed by atoms with Crippen molar-refractivity contribution in [2.45, 2.75) is 76.7 Å². The third-order valence-corrected chi connectivity index (χ3v) is 6.85. The molecule has 0 spiro atoms. The molecular formula is C23H36O2. The minimum absolute atomic E-state index is 0.589. The van der Waals surface area contributed by atoms with Gasteiger partial charge in [-0.25, -0.2) is 0 Å². The van der Waals surface area contributed by atoms with Gasteiger partial charge in [0.25, 0.3) is 0 Å². The molecule has 0 heterocycles.